The summed E-state index contributed by atoms with van der Waals surface area (Å²) in [5.41, 5.74) is 2.24. The monoisotopic (exact) mass is 176 g/mol. The van der Waals surface area contributed by atoms with Gasteiger partial charge in [0.15, 0.2) is 0 Å². The van der Waals surface area contributed by atoms with E-state index in [-0.39, 0.29) is 0 Å². The van der Waals surface area contributed by atoms with Crippen LogP contribution in [0.1, 0.15) is 0 Å². The predicted molar refractivity (Wildman–Crippen MR) is 37.0 cm³/mol. The molecule has 0 amide bonds. The zero-order valence-corrected chi connectivity index (χ0v) is 6.67. The molecule has 1 unspecified atom stereocenters. The lowest BCUT2D eigenvalue weighted by Crippen LogP contribution is -2.01. The Kier molecular flexibility index (Phi) is 2.97. The van der Waals surface area contributed by atoms with Gasteiger partial charge >= 0.3 is 8.25 Å². The van der Waals surface area contributed by atoms with Gasteiger partial charge in [0.25, 0.3) is 5.88 Å². The van der Waals surface area contributed by atoms with E-state index < -0.39 is 8.25 Å². The van der Waals surface area contributed by atoms with E-state index in [1.807, 2.05) is 0 Å². The van der Waals surface area contributed by atoms with E-state index in [0.717, 1.165) is 0 Å². The Labute approximate surface area is 63.8 Å². The van der Waals surface area contributed by atoms with Crippen LogP contribution in [0.3, 0.4) is 0 Å². The summed E-state index contributed by atoms with van der Waals surface area (Å²) >= 11 is 0. The topological polar surface area (TPSA) is 76.2 Å². The van der Waals surface area contributed by atoms with Gasteiger partial charge < -0.3 is 0 Å². The van der Waals surface area contributed by atoms with Gasteiger partial charge in [0.2, 0.25) is 0 Å². The summed E-state index contributed by atoms with van der Waals surface area (Å²) in [5, 5.41) is 6.04. The number of hydrogen-bond acceptors (Lipinski definition) is 5. The number of hydroxylamine groups is 1. The van der Waals surface area contributed by atoms with Gasteiger partial charge in [0.1, 0.15) is 0 Å². The maximum absolute atomic E-state index is 10.7. The van der Waals surface area contributed by atoms with Crippen LogP contribution in [0.2, 0.25) is 0 Å². The van der Waals surface area contributed by atoms with Crippen LogP contribution in [0.15, 0.2) is 12.3 Å². The number of aromatic amines is 1. The van der Waals surface area contributed by atoms with Crippen molar-refractivity contribution < 1.29 is 13.7 Å². The second-order valence-corrected chi connectivity index (χ2v) is 2.34. The fourth-order valence-electron chi connectivity index (χ4n) is 0.467. The van der Waals surface area contributed by atoms with E-state index in [0.29, 0.717) is 5.88 Å². The first-order valence-corrected chi connectivity index (χ1v) is 3.91. The lowest BCUT2D eigenvalue weighted by molar-refractivity contribution is 0.208. The number of H-pyrrole nitrogens is 1. The molecule has 0 bridgehead atoms. The van der Waals surface area contributed by atoms with Crippen LogP contribution in [0.5, 0.6) is 5.88 Å². The van der Waals surface area contributed by atoms with Crippen molar-refractivity contribution >= 4 is 8.25 Å². The Morgan fingerprint density at radius 3 is 3.18 bits per heavy atom. The lowest BCUT2D eigenvalue weighted by atomic mass is 10.7. The highest BCUT2D eigenvalue weighted by atomic mass is 31.1. The average Bonchev–Trinajstić information content (AvgIpc) is 2.40. The van der Waals surface area contributed by atoms with Crippen molar-refractivity contribution in [3.8, 4) is 5.88 Å². The fraction of sp³-hybridized carbons (Fsp3) is 0.250. The highest BCUT2D eigenvalue weighted by molar-refractivity contribution is 7.33. The maximum atomic E-state index is 10.7. The molecule has 0 spiro atoms. The molecule has 2 N–H and O–H groups in total. The van der Waals surface area contributed by atoms with Gasteiger partial charge in [0.05, 0.1) is 6.20 Å². The van der Waals surface area contributed by atoms with Gasteiger partial charge in [-0.25, -0.2) is 9.62 Å². The van der Waals surface area contributed by atoms with Crippen LogP contribution >= 0.6 is 8.25 Å². The Morgan fingerprint density at radius 1 is 1.82 bits per heavy atom. The van der Waals surface area contributed by atoms with E-state index in [2.05, 4.69) is 20.3 Å². The molecule has 0 aliphatic carbocycles. The highest BCUT2D eigenvalue weighted by Crippen LogP contribution is 2.23. The summed E-state index contributed by atoms with van der Waals surface area (Å²) in [6.45, 7) is 0. The third-order valence-corrected chi connectivity index (χ3v) is 1.49. The van der Waals surface area contributed by atoms with Crippen molar-refractivity contribution in [3.63, 3.8) is 0 Å². The Hall–Kier alpha value is -0.970. The minimum absolute atomic E-state index is 0.307. The van der Waals surface area contributed by atoms with Gasteiger partial charge in [-0.05, 0) is 4.62 Å². The standard InChI is InChI=1S/C4H7N3O3P/c1-5-10-11(8)9-4-2-3-6-7-4/h2-3,5H,1H3,(H,6,7)/q+1. The molecule has 60 valence electrons. The summed E-state index contributed by atoms with van der Waals surface area (Å²) in [6, 6.07) is 1.53. The van der Waals surface area contributed by atoms with Crippen molar-refractivity contribution in [2.75, 3.05) is 7.05 Å². The molecule has 0 saturated carbocycles. The van der Waals surface area contributed by atoms with Gasteiger partial charge in [-0.2, -0.15) is 10.6 Å². The van der Waals surface area contributed by atoms with E-state index in [9.17, 15) is 4.57 Å². The van der Waals surface area contributed by atoms with Crippen LogP contribution in [0.4, 0.5) is 0 Å². The van der Waals surface area contributed by atoms with Crippen molar-refractivity contribution in [1.82, 2.24) is 15.7 Å². The number of aromatic nitrogens is 2. The smallest absolute Gasteiger partial charge is 0.243 e. The molecule has 11 heavy (non-hydrogen) atoms. The molecule has 1 rings (SSSR count). The molecular weight excluding hydrogens is 169 g/mol. The van der Waals surface area contributed by atoms with Crippen LogP contribution in [-0.4, -0.2) is 17.2 Å². The van der Waals surface area contributed by atoms with Gasteiger partial charge in [-0.1, -0.05) is 0 Å². The first kappa shape index (κ1) is 8.13. The zero-order valence-electron chi connectivity index (χ0n) is 5.77. The molecule has 0 aromatic carbocycles. The van der Waals surface area contributed by atoms with E-state index in [4.69, 9.17) is 4.52 Å². The molecule has 6 nitrogen and oxygen atoms in total. The second-order valence-electron chi connectivity index (χ2n) is 1.53. The third-order valence-electron chi connectivity index (χ3n) is 0.814. The SMILES string of the molecule is CNO[P+](=O)Oc1ccn[nH]1. The number of rotatable bonds is 4. The van der Waals surface area contributed by atoms with E-state index >= 15 is 0 Å². The normalized spacial score (nSPS) is 11.2. The Bertz CT molecular complexity index is 224. The van der Waals surface area contributed by atoms with Crippen molar-refractivity contribution in [3.05, 3.63) is 12.3 Å². The first-order valence-electron chi connectivity index (χ1n) is 2.81. The minimum atomic E-state index is -2.16. The summed E-state index contributed by atoms with van der Waals surface area (Å²) in [5.74, 6) is 0.307. The summed E-state index contributed by atoms with van der Waals surface area (Å²) in [6.07, 6.45) is 1.48. The molecule has 0 aliphatic heterocycles. The predicted octanol–water partition coefficient (Wildman–Crippen LogP) is 0.597. The summed E-state index contributed by atoms with van der Waals surface area (Å²) in [7, 11) is -0.674. The molecular formula is C4H7N3O3P+. The van der Waals surface area contributed by atoms with Crippen LogP contribution < -0.4 is 10.0 Å². The number of nitrogens with zero attached hydrogens (tertiary/aromatic N) is 1. The molecule has 0 radical (unpaired) electrons. The largest absolute Gasteiger partial charge is 0.770 e. The molecule has 1 aromatic rings. The summed E-state index contributed by atoms with van der Waals surface area (Å²) in [4.78, 5) is 0. The van der Waals surface area contributed by atoms with Gasteiger partial charge in [-0.3, -0.25) is 0 Å². The number of hydrogen-bond donors (Lipinski definition) is 2. The number of nitrogens with one attached hydrogen (secondary N) is 2. The molecule has 1 heterocycles. The molecule has 0 saturated heterocycles. The lowest BCUT2D eigenvalue weighted by Gasteiger charge is -1.83. The maximum Gasteiger partial charge on any atom is 0.770 e. The van der Waals surface area contributed by atoms with Crippen molar-refractivity contribution in [2.45, 2.75) is 0 Å². The van der Waals surface area contributed by atoms with Crippen LogP contribution in [0, 0.1) is 0 Å². The van der Waals surface area contributed by atoms with Gasteiger partial charge in [-0.15, -0.1) is 0 Å². The Morgan fingerprint density at radius 2 is 2.64 bits per heavy atom. The molecule has 7 heteroatoms. The zero-order chi connectivity index (χ0) is 8.10. The first-order chi connectivity index (χ1) is 5.33. The average molecular weight is 176 g/mol. The third kappa shape index (κ3) is 2.63. The summed E-state index contributed by atoms with van der Waals surface area (Å²) < 4.78 is 19.8. The quantitative estimate of drug-likeness (QED) is 0.518. The molecule has 1 aromatic heterocycles. The minimum Gasteiger partial charge on any atom is -0.243 e. The molecule has 0 fully saturated rings. The Balaban J connectivity index is 2.37. The van der Waals surface area contributed by atoms with E-state index in [1.165, 1.54) is 19.3 Å². The fourth-order valence-corrected chi connectivity index (χ4v) is 0.916. The van der Waals surface area contributed by atoms with Crippen LogP contribution in [0.25, 0.3) is 0 Å². The second kappa shape index (κ2) is 4.02. The molecule has 0 aliphatic rings. The molecule has 1 atom stereocenters. The highest BCUT2D eigenvalue weighted by Gasteiger charge is 2.22. The van der Waals surface area contributed by atoms with E-state index in [1.54, 1.807) is 0 Å². The van der Waals surface area contributed by atoms with Crippen molar-refractivity contribution in [2.24, 2.45) is 0 Å². The van der Waals surface area contributed by atoms with Gasteiger partial charge in [0, 0.05) is 17.7 Å². The van der Waals surface area contributed by atoms with Crippen LogP contribution in [-0.2, 0) is 9.19 Å². The van der Waals surface area contributed by atoms with Crippen molar-refractivity contribution in [1.29, 1.82) is 0 Å².